The maximum Gasteiger partial charge on any atom is 0.274 e. The molecule has 0 unspecified atom stereocenters. The number of piperidine rings is 1. The average molecular weight is 468 g/mol. The Bertz CT molecular complexity index is 1120. The zero-order valence-electron chi connectivity index (χ0n) is 19.5. The van der Waals surface area contributed by atoms with Crippen LogP contribution in [0.5, 0.6) is 0 Å². The monoisotopic (exact) mass is 467 g/mol. The summed E-state index contributed by atoms with van der Waals surface area (Å²) in [6, 6.07) is 5.95. The van der Waals surface area contributed by atoms with Crippen LogP contribution in [0.2, 0.25) is 0 Å². The van der Waals surface area contributed by atoms with Gasteiger partial charge >= 0.3 is 0 Å². The molecule has 5 rings (SSSR count). The molecule has 2 saturated heterocycles. The quantitative estimate of drug-likeness (QED) is 0.694. The zero-order chi connectivity index (χ0) is 23.8. The molecule has 9 heteroatoms. The molecule has 0 saturated carbocycles. The lowest BCUT2D eigenvalue weighted by Crippen LogP contribution is -2.46. The van der Waals surface area contributed by atoms with Crippen molar-refractivity contribution in [2.75, 3.05) is 32.7 Å². The van der Waals surface area contributed by atoms with Crippen LogP contribution in [0.25, 0.3) is 0 Å². The lowest BCUT2D eigenvalue weighted by molar-refractivity contribution is -0.135. The summed E-state index contributed by atoms with van der Waals surface area (Å²) in [5, 5.41) is 4.52. The number of aromatic nitrogens is 2. The van der Waals surface area contributed by atoms with Crippen molar-refractivity contribution in [1.82, 2.24) is 24.5 Å². The Balaban J connectivity index is 1.34. The van der Waals surface area contributed by atoms with Gasteiger partial charge in [0.25, 0.3) is 11.8 Å². The van der Waals surface area contributed by atoms with E-state index in [0.717, 1.165) is 50.0 Å². The van der Waals surface area contributed by atoms with Crippen molar-refractivity contribution in [1.29, 1.82) is 0 Å². The maximum absolute atomic E-state index is 14.2. The number of carbonyl (C=O) groups excluding carboxylic acids is 3. The lowest BCUT2D eigenvalue weighted by Gasteiger charge is -2.34. The van der Waals surface area contributed by atoms with Crippen molar-refractivity contribution in [2.24, 2.45) is 13.0 Å². The SMILES string of the molecule is Cn1nc(C(=O)N2CCC[C@@H](C(=O)N3CCCC3)C2)c2c1CCN(C(=O)c1ccccc1F)C2. The molecule has 1 aromatic carbocycles. The van der Waals surface area contributed by atoms with E-state index in [1.54, 1.807) is 33.7 Å². The molecule has 8 nitrogen and oxygen atoms in total. The van der Waals surface area contributed by atoms with Gasteiger partial charge in [-0.3, -0.25) is 19.1 Å². The number of rotatable bonds is 3. The molecular formula is C25H30FN5O3. The highest BCUT2D eigenvalue weighted by Crippen LogP contribution is 2.27. The summed E-state index contributed by atoms with van der Waals surface area (Å²) in [7, 11) is 1.81. The van der Waals surface area contributed by atoms with Crippen LogP contribution in [-0.4, -0.2) is 74.9 Å². The third-order valence-corrected chi connectivity index (χ3v) is 7.31. The van der Waals surface area contributed by atoms with Crippen LogP contribution in [-0.2, 0) is 24.8 Å². The molecule has 1 aromatic heterocycles. The summed E-state index contributed by atoms with van der Waals surface area (Å²) in [4.78, 5) is 44.7. The van der Waals surface area contributed by atoms with E-state index in [-0.39, 0.29) is 35.7 Å². The molecule has 0 bridgehead atoms. The highest BCUT2D eigenvalue weighted by molar-refractivity contribution is 5.96. The fraction of sp³-hybridized carbons (Fsp3) is 0.520. The van der Waals surface area contributed by atoms with E-state index >= 15 is 0 Å². The van der Waals surface area contributed by atoms with Crippen molar-refractivity contribution in [3.8, 4) is 0 Å². The Kier molecular flexibility index (Phi) is 6.10. The average Bonchev–Trinajstić information content (AvgIpc) is 3.51. The first-order valence-corrected chi connectivity index (χ1v) is 12.1. The highest BCUT2D eigenvalue weighted by atomic mass is 19.1. The molecule has 2 fully saturated rings. The Morgan fingerprint density at radius 3 is 2.44 bits per heavy atom. The second-order valence-electron chi connectivity index (χ2n) is 9.48. The van der Waals surface area contributed by atoms with E-state index < -0.39 is 5.82 Å². The number of aryl methyl sites for hydroxylation is 1. The summed E-state index contributed by atoms with van der Waals surface area (Å²) < 4.78 is 15.9. The normalized spacial score (nSPS) is 20.4. The topological polar surface area (TPSA) is 78.8 Å². The number of hydrogen-bond acceptors (Lipinski definition) is 4. The van der Waals surface area contributed by atoms with E-state index in [0.29, 0.717) is 31.7 Å². The molecule has 3 amide bonds. The summed E-state index contributed by atoms with van der Waals surface area (Å²) >= 11 is 0. The summed E-state index contributed by atoms with van der Waals surface area (Å²) in [5.41, 5.74) is 2.00. The van der Waals surface area contributed by atoms with Gasteiger partial charge in [-0.2, -0.15) is 5.10 Å². The maximum atomic E-state index is 14.2. The number of carbonyl (C=O) groups is 3. The van der Waals surface area contributed by atoms with Crippen LogP contribution in [0.1, 0.15) is 57.8 Å². The van der Waals surface area contributed by atoms with Gasteiger partial charge in [0.15, 0.2) is 5.69 Å². The van der Waals surface area contributed by atoms with Crippen LogP contribution >= 0.6 is 0 Å². The molecule has 3 aliphatic heterocycles. The second-order valence-corrected chi connectivity index (χ2v) is 9.48. The molecule has 2 aromatic rings. The largest absolute Gasteiger partial charge is 0.342 e. The van der Waals surface area contributed by atoms with Gasteiger partial charge in [-0.15, -0.1) is 0 Å². The standard InChI is InChI=1S/C25H30FN5O3/c1-28-21-10-14-31(24(33)18-8-2-3-9-20(18)26)16-19(21)22(27-28)25(34)30-13-6-7-17(15-30)23(32)29-11-4-5-12-29/h2-3,8-9,17H,4-7,10-16H2,1H3/t17-/m1/s1. The van der Waals surface area contributed by atoms with Crippen LogP contribution < -0.4 is 0 Å². The number of fused-ring (bicyclic) bond motifs is 1. The lowest BCUT2D eigenvalue weighted by atomic mass is 9.95. The van der Waals surface area contributed by atoms with Gasteiger partial charge < -0.3 is 14.7 Å². The molecule has 0 radical (unpaired) electrons. The molecular weight excluding hydrogens is 437 g/mol. The third kappa shape index (κ3) is 4.08. The van der Waals surface area contributed by atoms with Gasteiger partial charge in [-0.05, 0) is 37.8 Å². The fourth-order valence-corrected chi connectivity index (χ4v) is 5.45. The van der Waals surface area contributed by atoms with E-state index in [4.69, 9.17) is 0 Å². The first-order valence-electron chi connectivity index (χ1n) is 12.1. The summed E-state index contributed by atoms with van der Waals surface area (Å²) in [6.07, 6.45) is 4.21. The van der Waals surface area contributed by atoms with Crippen LogP contribution in [0.15, 0.2) is 24.3 Å². The Morgan fingerprint density at radius 2 is 1.68 bits per heavy atom. The number of halogens is 1. The second kappa shape index (κ2) is 9.19. The van der Waals surface area contributed by atoms with Crippen LogP contribution in [0, 0.1) is 11.7 Å². The molecule has 0 aliphatic carbocycles. The third-order valence-electron chi connectivity index (χ3n) is 7.31. The van der Waals surface area contributed by atoms with Crippen molar-refractivity contribution in [3.63, 3.8) is 0 Å². The minimum absolute atomic E-state index is 0.0296. The number of likely N-dealkylation sites (tertiary alicyclic amines) is 2. The van der Waals surface area contributed by atoms with Crippen molar-refractivity contribution < 1.29 is 18.8 Å². The van der Waals surface area contributed by atoms with Crippen molar-refractivity contribution in [3.05, 3.63) is 52.6 Å². The molecule has 180 valence electrons. The highest BCUT2D eigenvalue weighted by Gasteiger charge is 2.36. The van der Waals surface area contributed by atoms with E-state index in [9.17, 15) is 18.8 Å². The minimum Gasteiger partial charge on any atom is -0.342 e. The van der Waals surface area contributed by atoms with E-state index in [1.807, 2.05) is 4.90 Å². The number of hydrogen-bond donors (Lipinski definition) is 0. The number of amides is 3. The molecule has 0 spiro atoms. The first kappa shape index (κ1) is 22.6. The summed E-state index contributed by atoms with van der Waals surface area (Å²) in [6.45, 7) is 3.25. The fourth-order valence-electron chi connectivity index (χ4n) is 5.45. The van der Waals surface area contributed by atoms with E-state index in [2.05, 4.69) is 5.10 Å². The predicted octanol–water partition coefficient (Wildman–Crippen LogP) is 2.23. The molecule has 34 heavy (non-hydrogen) atoms. The number of nitrogens with zero attached hydrogens (tertiary/aromatic N) is 5. The predicted molar refractivity (Wildman–Crippen MR) is 122 cm³/mol. The van der Waals surface area contributed by atoms with Crippen LogP contribution in [0.3, 0.4) is 0 Å². The van der Waals surface area contributed by atoms with Gasteiger partial charge in [-0.1, -0.05) is 12.1 Å². The van der Waals surface area contributed by atoms with Gasteiger partial charge in [0.05, 0.1) is 18.0 Å². The molecule has 1 atom stereocenters. The zero-order valence-corrected chi connectivity index (χ0v) is 19.5. The van der Waals surface area contributed by atoms with Gasteiger partial charge in [-0.25, -0.2) is 4.39 Å². The van der Waals surface area contributed by atoms with Crippen molar-refractivity contribution in [2.45, 2.75) is 38.6 Å². The van der Waals surface area contributed by atoms with Gasteiger partial charge in [0.2, 0.25) is 5.91 Å². The van der Waals surface area contributed by atoms with Gasteiger partial charge in [0.1, 0.15) is 5.82 Å². The Morgan fingerprint density at radius 1 is 0.941 bits per heavy atom. The molecule has 4 heterocycles. The van der Waals surface area contributed by atoms with Gasteiger partial charge in [0, 0.05) is 57.4 Å². The summed E-state index contributed by atoms with van der Waals surface area (Å²) in [5.74, 6) is -1.16. The smallest absolute Gasteiger partial charge is 0.274 e. The molecule has 0 N–H and O–H groups in total. The Hall–Kier alpha value is -3.23. The van der Waals surface area contributed by atoms with Crippen molar-refractivity contribution >= 4 is 17.7 Å². The Labute approximate surface area is 198 Å². The number of benzene rings is 1. The van der Waals surface area contributed by atoms with E-state index in [1.165, 1.54) is 12.1 Å². The minimum atomic E-state index is -0.553. The van der Waals surface area contributed by atoms with Crippen LogP contribution in [0.4, 0.5) is 4.39 Å². The molecule has 3 aliphatic rings. The first-order chi connectivity index (χ1) is 16.4.